The Bertz CT molecular complexity index is 746. The van der Waals surface area contributed by atoms with Gasteiger partial charge in [-0.25, -0.2) is 8.42 Å². The molecule has 0 radical (unpaired) electrons. The molecule has 2 rings (SSSR count). The van der Waals surface area contributed by atoms with E-state index < -0.39 is 10.0 Å². The Morgan fingerprint density at radius 3 is 2.52 bits per heavy atom. The highest BCUT2D eigenvalue weighted by atomic mass is 32.2. The SMILES string of the molecule is Cc1ccc(N)cc1S(=O)(=O)N(C)Cc1c(C)noc1C. The van der Waals surface area contributed by atoms with Gasteiger partial charge in [0, 0.05) is 24.8 Å². The molecule has 21 heavy (non-hydrogen) atoms. The van der Waals surface area contributed by atoms with Gasteiger partial charge in [0.05, 0.1) is 10.6 Å². The molecule has 0 fully saturated rings. The predicted molar refractivity (Wildman–Crippen MR) is 80.2 cm³/mol. The first-order chi connectivity index (χ1) is 9.73. The van der Waals surface area contributed by atoms with E-state index in [-0.39, 0.29) is 11.4 Å². The van der Waals surface area contributed by atoms with Crippen LogP contribution >= 0.6 is 0 Å². The number of aryl methyl sites for hydroxylation is 3. The van der Waals surface area contributed by atoms with Crippen LogP contribution in [0.3, 0.4) is 0 Å². The molecule has 2 aromatic rings. The minimum absolute atomic E-state index is 0.206. The summed E-state index contributed by atoms with van der Waals surface area (Å²) in [5.41, 5.74) is 8.26. The lowest BCUT2D eigenvalue weighted by atomic mass is 10.2. The number of hydrogen-bond acceptors (Lipinski definition) is 5. The van der Waals surface area contributed by atoms with Crippen LogP contribution in [-0.2, 0) is 16.6 Å². The van der Waals surface area contributed by atoms with Crippen molar-refractivity contribution in [3.05, 3.63) is 40.8 Å². The van der Waals surface area contributed by atoms with Crippen molar-refractivity contribution >= 4 is 15.7 Å². The molecule has 1 aromatic carbocycles. The van der Waals surface area contributed by atoms with Crippen molar-refractivity contribution in [2.45, 2.75) is 32.2 Å². The smallest absolute Gasteiger partial charge is 0.243 e. The Labute approximate surface area is 124 Å². The molecule has 6 nitrogen and oxygen atoms in total. The number of nitrogen functional groups attached to an aromatic ring is 1. The number of rotatable bonds is 4. The van der Waals surface area contributed by atoms with E-state index in [0.717, 1.165) is 5.56 Å². The zero-order valence-corrected chi connectivity index (χ0v) is 13.4. The zero-order valence-electron chi connectivity index (χ0n) is 12.5. The molecule has 7 heteroatoms. The Balaban J connectivity index is 2.37. The predicted octanol–water partition coefficient (Wildman–Crippen LogP) is 2.00. The zero-order chi connectivity index (χ0) is 15.8. The molecule has 114 valence electrons. The van der Waals surface area contributed by atoms with E-state index in [9.17, 15) is 8.42 Å². The number of nitrogens with zero attached hydrogens (tertiary/aromatic N) is 2. The lowest BCUT2D eigenvalue weighted by molar-refractivity contribution is 0.390. The van der Waals surface area contributed by atoms with Gasteiger partial charge in [0.15, 0.2) is 0 Å². The standard InChI is InChI=1S/C14H19N3O3S/c1-9-5-6-12(15)7-14(9)21(18,19)17(4)8-13-10(2)16-20-11(13)3/h5-7H,8,15H2,1-4H3. The van der Waals surface area contributed by atoms with E-state index in [1.54, 1.807) is 32.9 Å². The molecule has 0 atom stereocenters. The van der Waals surface area contributed by atoms with Crippen LogP contribution in [0.5, 0.6) is 0 Å². The number of benzene rings is 1. The summed E-state index contributed by atoms with van der Waals surface area (Å²) in [5.74, 6) is 0.624. The fourth-order valence-electron chi connectivity index (χ4n) is 2.10. The van der Waals surface area contributed by atoms with Crippen LogP contribution in [0.2, 0.25) is 0 Å². The maximum atomic E-state index is 12.7. The Hall–Kier alpha value is -1.86. The fraction of sp³-hybridized carbons (Fsp3) is 0.357. The number of hydrogen-bond donors (Lipinski definition) is 1. The molecule has 0 saturated heterocycles. The van der Waals surface area contributed by atoms with E-state index in [1.807, 2.05) is 0 Å². The van der Waals surface area contributed by atoms with E-state index >= 15 is 0 Å². The van der Waals surface area contributed by atoms with E-state index in [1.165, 1.54) is 17.4 Å². The molecule has 0 unspecified atom stereocenters. The normalized spacial score (nSPS) is 12.0. The molecule has 0 aliphatic carbocycles. The van der Waals surface area contributed by atoms with Gasteiger partial charge >= 0.3 is 0 Å². The van der Waals surface area contributed by atoms with E-state index in [4.69, 9.17) is 10.3 Å². The maximum Gasteiger partial charge on any atom is 0.243 e. The molecule has 0 saturated carbocycles. The second kappa shape index (κ2) is 5.50. The quantitative estimate of drug-likeness (QED) is 0.873. The van der Waals surface area contributed by atoms with Gasteiger partial charge in [-0.05, 0) is 38.5 Å². The van der Waals surface area contributed by atoms with Crippen LogP contribution in [0.15, 0.2) is 27.6 Å². The largest absolute Gasteiger partial charge is 0.399 e. The van der Waals surface area contributed by atoms with Crippen molar-refractivity contribution in [3.8, 4) is 0 Å². The topological polar surface area (TPSA) is 89.4 Å². The summed E-state index contributed by atoms with van der Waals surface area (Å²) in [4.78, 5) is 0.219. The van der Waals surface area contributed by atoms with Gasteiger partial charge < -0.3 is 10.3 Å². The highest BCUT2D eigenvalue weighted by Gasteiger charge is 2.25. The van der Waals surface area contributed by atoms with Crippen LogP contribution in [0.25, 0.3) is 0 Å². The Morgan fingerprint density at radius 2 is 1.95 bits per heavy atom. The number of nitrogens with two attached hydrogens (primary N) is 1. The van der Waals surface area contributed by atoms with Crippen LogP contribution in [-0.4, -0.2) is 24.9 Å². The molecular formula is C14H19N3O3S. The first kappa shape index (κ1) is 15.5. The second-order valence-corrected chi connectivity index (χ2v) is 7.10. The number of sulfonamides is 1. The molecule has 2 N–H and O–H groups in total. The summed E-state index contributed by atoms with van der Waals surface area (Å²) >= 11 is 0. The van der Waals surface area contributed by atoms with Crippen molar-refractivity contribution in [1.82, 2.24) is 9.46 Å². The Morgan fingerprint density at radius 1 is 1.29 bits per heavy atom. The molecule has 0 spiro atoms. The summed E-state index contributed by atoms with van der Waals surface area (Å²) < 4.78 is 31.7. The molecule has 1 aromatic heterocycles. The van der Waals surface area contributed by atoms with Crippen LogP contribution in [0, 0.1) is 20.8 Å². The Kier molecular flexibility index (Phi) is 4.06. The van der Waals surface area contributed by atoms with Crippen LogP contribution < -0.4 is 5.73 Å². The first-order valence-corrected chi connectivity index (χ1v) is 7.91. The van der Waals surface area contributed by atoms with Crippen LogP contribution in [0.1, 0.15) is 22.6 Å². The van der Waals surface area contributed by atoms with Crippen molar-refractivity contribution in [3.63, 3.8) is 0 Å². The average Bonchev–Trinajstić information content (AvgIpc) is 2.73. The maximum absolute atomic E-state index is 12.7. The van der Waals surface area contributed by atoms with E-state index in [0.29, 0.717) is 22.7 Å². The van der Waals surface area contributed by atoms with Crippen molar-refractivity contribution in [2.24, 2.45) is 0 Å². The summed E-state index contributed by atoms with van der Waals surface area (Å²) in [6.07, 6.45) is 0. The molecular weight excluding hydrogens is 290 g/mol. The van der Waals surface area contributed by atoms with E-state index in [2.05, 4.69) is 5.16 Å². The van der Waals surface area contributed by atoms with Crippen molar-refractivity contribution < 1.29 is 12.9 Å². The summed E-state index contributed by atoms with van der Waals surface area (Å²) in [5, 5.41) is 3.84. The third-order valence-corrected chi connectivity index (χ3v) is 5.41. The highest BCUT2D eigenvalue weighted by Crippen LogP contribution is 2.24. The fourth-order valence-corrected chi connectivity index (χ4v) is 3.49. The first-order valence-electron chi connectivity index (χ1n) is 6.47. The minimum Gasteiger partial charge on any atom is -0.399 e. The second-order valence-electron chi connectivity index (χ2n) is 5.09. The molecule has 0 aliphatic heterocycles. The van der Waals surface area contributed by atoms with Gasteiger partial charge in [0.25, 0.3) is 0 Å². The van der Waals surface area contributed by atoms with Gasteiger partial charge in [-0.3, -0.25) is 0 Å². The lowest BCUT2D eigenvalue weighted by Crippen LogP contribution is -2.27. The molecule has 0 bridgehead atoms. The van der Waals surface area contributed by atoms with Crippen molar-refractivity contribution in [1.29, 1.82) is 0 Å². The number of anilines is 1. The number of aromatic nitrogens is 1. The van der Waals surface area contributed by atoms with Gasteiger partial charge in [-0.1, -0.05) is 11.2 Å². The monoisotopic (exact) mass is 309 g/mol. The molecule has 1 heterocycles. The third kappa shape index (κ3) is 2.93. The highest BCUT2D eigenvalue weighted by molar-refractivity contribution is 7.89. The summed E-state index contributed by atoms with van der Waals surface area (Å²) in [6, 6.07) is 4.86. The van der Waals surface area contributed by atoms with Gasteiger partial charge in [-0.2, -0.15) is 4.31 Å². The van der Waals surface area contributed by atoms with Gasteiger partial charge in [0.1, 0.15) is 5.76 Å². The molecule has 0 amide bonds. The van der Waals surface area contributed by atoms with Gasteiger partial charge in [-0.15, -0.1) is 0 Å². The lowest BCUT2D eigenvalue weighted by Gasteiger charge is -2.18. The average molecular weight is 309 g/mol. The summed E-state index contributed by atoms with van der Waals surface area (Å²) in [7, 11) is -2.09. The van der Waals surface area contributed by atoms with Crippen LogP contribution in [0.4, 0.5) is 5.69 Å². The van der Waals surface area contributed by atoms with Gasteiger partial charge in [0.2, 0.25) is 10.0 Å². The minimum atomic E-state index is -3.62. The summed E-state index contributed by atoms with van der Waals surface area (Å²) in [6.45, 7) is 5.51. The molecule has 0 aliphatic rings. The van der Waals surface area contributed by atoms with Crippen molar-refractivity contribution in [2.75, 3.05) is 12.8 Å². The third-order valence-electron chi connectivity index (χ3n) is 3.46.